The maximum atomic E-state index is 10.2. The zero-order valence-electron chi connectivity index (χ0n) is 9.62. The third kappa shape index (κ3) is 1.72. The summed E-state index contributed by atoms with van der Waals surface area (Å²) in [4.78, 5) is 1.82. The Morgan fingerprint density at radius 3 is 2.40 bits per heavy atom. The van der Waals surface area contributed by atoms with Crippen LogP contribution < -0.4 is 4.90 Å². The molecule has 2 saturated carbocycles. The highest BCUT2D eigenvalue weighted by molar-refractivity contribution is 4.93. The third-order valence-corrected chi connectivity index (χ3v) is 5.18. The normalized spacial score (nSPS) is 47.0. The fourth-order valence-electron chi connectivity index (χ4n) is 4.34. The van der Waals surface area contributed by atoms with E-state index in [9.17, 15) is 5.11 Å². The predicted molar refractivity (Wildman–Crippen MR) is 59.8 cm³/mol. The number of hydrogen-bond donors (Lipinski definition) is 2. The molecule has 3 aliphatic rings. The van der Waals surface area contributed by atoms with Gasteiger partial charge in [0.25, 0.3) is 0 Å². The number of rotatable bonds is 1. The van der Waals surface area contributed by atoms with Gasteiger partial charge in [-0.15, -0.1) is 0 Å². The minimum atomic E-state index is 0.0539. The molecule has 0 aromatic carbocycles. The van der Waals surface area contributed by atoms with E-state index in [1.54, 1.807) is 0 Å². The molecule has 2 N–H and O–H groups in total. The molecule has 0 radical (unpaired) electrons. The van der Waals surface area contributed by atoms with Gasteiger partial charge in [-0.25, -0.2) is 0 Å². The summed E-state index contributed by atoms with van der Waals surface area (Å²) < 4.78 is 0. The van der Waals surface area contributed by atoms with Gasteiger partial charge in [0.2, 0.25) is 0 Å². The van der Waals surface area contributed by atoms with E-state index in [0.717, 1.165) is 6.04 Å². The van der Waals surface area contributed by atoms with Crippen LogP contribution in [0.3, 0.4) is 0 Å². The van der Waals surface area contributed by atoms with Crippen molar-refractivity contribution in [3.8, 4) is 0 Å². The Morgan fingerprint density at radius 2 is 1.60 bits per heavy atom. The first kappa shape index (κ1) is 10.1. The van der Waals surface area contributed by atoms with Crippen LogP contribution in [-0.4, -0.2) is 30.3 Å². The molecule has 0 amide bonds. The van der Waals surface area contributed by atoms with Gasteiger partial charge in [-0.05, 0) is 44.4 Å². The number of aliphatic hydroxyl groups excluding tert-OH is 1. The van der Waals surface area contributed by atoms with Gasteiger partial charge in [0.1, 0.15) is 0 Å². The monoisotopic (exact) mass is 210 g/mol. The number of likely N-dealkylation sites (tertiary alicyclic amines) is 1. The third-order valence-electron chi connectivity index (χ3n) is 5.18. The smallest absolute Gasteiger partial charge is 0.0928 e. The van der Waals surface area contributed by atoms with E-state index >= 15 is 0 Å². The van der Waals surface area contributed by atoms with Crippen molar-refractivity contribution in [3.05, 3.63) is 0 Å². The highest BCUT2D eigenvalue weighted by Gasteiger charge is 2.47. The van der Waals surface area contributed by atoms with Gasteiger partial charge >= 0.3 is 0 Å². The molecule has 2 aliphatic carbocycles. The summed E-state index contributed by atoms with van der Waals surface area (Å²) in [6.07, 6.45) is 9.61. The minimum Gasteiger partial charge on any atom is -0.392 e. The number of quaternary nitrogens is 1. The number of nitrogens with one attached hydrogen (secondary N) is 1. The Kier molecular flexibility index (Phi) is 2.73. The van der Waals surface area contributed by atoms with Gasteiger partial charge in [-0.2, -0.15) is 0 Å². The summed E-state index contributed by atoms with van der Waals surface area (Å²) >= 11 is 0. The zero-order valence-corrected chi connectivity index (χ0v) is 9.62. The van der Waals surface area contributed by atoms with Gasteiger partial charge in [0.05, 0.1) is 25.2 Å². The topological polar surface area (TPSA) is 24.7 Å². The molecule has 0 aromatic rings. The second-order valence-corrected chi connectivity index (χ2v) is 5.89. The summed E-state index contributed by atoms with van der Waals surface area (Å²) in [7, 11) is 0. The molecule has 1 aliphatic heterocycles. The highest BCUT2D eigenvalue weighted by atomic mass is 16.3. The van der Waals surface area contributed by atoms with Crippen molar-refractivity contribution < 1.29 is 10.0 Å². The molecule has 0 spiro atoms. The molecule has 2 heteroatoms. The van der Waals surface area contributed by atoms with E-state index in [0.29, 0.717) is 11.8 Å². The number of hydrogen-bond acceptors (Lipinski definition) is 1. The Labute approximate surface area is 92.7 Å². The molecule has 1 saturated heterocycles. The van der Waals surface area contributed by atoms with Crippen LogP contribution in [0.1, 0.15) is 44.9 Å². The van der Waals surface area contributed by atoms with Crippen molar-refractivity contribution in [1.82, 2.24) is 0 Å². The second-order valence-electron chi connectivity index (χ2n) is 5.89. The number of fused-ring (bicyclic) bond motifs is 2. The lowest BCUT2D eigenvalue weighted by atomic mass is 9.81. The van der Waals surface area contributed by atoms with E-state index in [1.807, 2.05) is 4.90 Å². The van der Waals surface area contributed by atoms with Crippen molar-refractivity contribution in [2.24, 2.45) is 11.8 Å². The van der Waals surface area contributed by atoms with Gasteiger partial charge in [-0.3, -0.25) is 0 Å². The summed E-state index contributed by atoms with van der Waals surface area (Å²) in [6, 6.07) is 0.805. The molecule has 3 fully saturated rings. The average Bonchev–Trinajstić information content (AvgIpc) is 2.54. The Morgan fingerprint density at radius 1 is 0.867 bits per heavy atom. The molecule has 3 rings (SSSR count). The van der Waals surface area contributed by atoms with E-state index in [2.05, 4.69) is 0 Å². The lowest BCUT2D eigenvalue weighted by Gasteiger charge is -2.39. The lowest BCUT2D eigenvalue weighted by Crippen LogP contribution is -3.17. The van der Waals surface area contributed by atoms with Gasteiger partial charge in [0.15, 0.2) is 0 Å². The summed E-state index contributed by atoms with van der Waals surface area (Å²) in [6.45, 7) is 2.75. The van der Waals surface area contributed by atoms with Gasteiger partial charge < -0.3 is 10.0 Å². The molecular formula is C13H24NO+. The minimum absolute atomic E-state index is 0.0539. The number of piperidine rings is 1. The van der Waals surface area contributed by atoms with Gasteiger partial charge in [0, 0.05) is 12.3 Å². The van der Waals surface area contributed by atoms with E-state index in [1.165, 1.54) is 58.0 Å². The van der Waals surface area contributed by atoms with Crippen LogP contribution in [0.4, 0.5) is 0 Å². The number of aliphatic hydroxyl groups is 1. The van der Waals surface area contributed by atoms with Crippen LogP contribution in [0, 0.1) is 11.8 Å². The van der Waals surface area contributed by atoms with Crippen molar-refractivity contribution in [2.45, 2.75) is 57.1 Å². The molecule has 0 aromatic heterocycles. The van der Waals surface area contributed by atoms with Crippen molar-refractivity contribution in [2.75, 3.05) is 13.1 Å². The van der Waals surface area contributed by atoms with E-state index in [4.69, 9.17) is 0 Å². The van der Waals surface area contributed by atoms with Crippen molar-refractivity contribution in [1.29, 1.82) is 0 Å². The molecule has 2 bridgehead atoms. The predicted octanol–water partition coefficient (Wildman–Crippen LogP) is 0.605. The molecule has 2 nitrogen and oxygen atoms in total. The van der Waals surface area contributed by atoms with Crippen molar-refractivity contribution in [3.63, 3.8) is 0 Å². The van der Waals surface area contributed by atoms with Crippen LogP contribution >= 0.6 is 0 Å². The fraction of sp³-hybridized carbons (Fsp3) is 1.00. The standard InChI is InChI=1S/C13H23NO/c15-13-10-4-6-11(13)12(7-5-10)14-8-2-1-3-9-14/h10-13,15H,1-9H2/p+1. The first-order valence-electron chi connectivity index (χ1n) is 6.89. The Hall–Kier alpha value is -0.0800. The first-order chi connectivity index (χ1) is 7.36. The Balaban J connectivity index is 1.69. The maximum Gasteiger partial charge on any atom is 0.0928 e. The van der Waals surface area contributed by atoms with Crippen LogP contribution in [0.5, 0.6) is 0 Å². The van der Waals surface area contributed by atoms with E-state index < -0.39 is 0 Å². The van der Waals surface area contributed by atoms with Crippen LogP contribution in [0.2, 0.25) is 0 Å². The average molecular weight is 210 g/mol. The Bertz CT molecular complexity index is 225. The van der Waals surface area contributed by atoms with E-state index in [-0.39, 0.29) is 6.10 Å². The van der Waals surface area contributed by atoms with Crippen LogP contribution in [0.15, 0.2) is 0 Å². The molecular weight excluding hydrogens is 186 g/mol. The van der Waals surface area contributed by atoms with Crippen LogP contribution in [-0.2, 0) is 0 Å². The maximum absolute atomic E-state index is 10.2. The van der Waals surface area contributed by atoms with Gasteiger partial charge in [-0.1, -0.05) is 0 Å². The lowest BCUT2D eigenvalue weighted by molar-refractivity contribution is -0.935. The first-order valence-corrected chi connectivity index (χ1v) is 6.89. The largest absolute Gasteiger partial charge is 0.392 e. The molecule has 86 valence electrons. The fourth-order valence-corrected chi connectivity index (χ4v) is 4.34. The summed E-state index contributed by atoms with van der Waals surface area (Å²) in [5.74, 6) is 1.31. The molecule has 4 unspecified atom stereocenters. The quantitative estimate of drug-likeness (QED) is 0.651. The summed E-state index contributed by atoms with van der Waals surface area (Å²) in [5, 5.41) is 10.2. The van der Waals surface area contributed by atoms with Crippen molar-refractivity contribution >= 4 is 0 Å². The second kappa shape index (κ2) is 4.06. The molecule has 4 atom stereocenters. The SMILES string of the molecule is OC1C2CCC1C([NH+]1CCCCC1)CC2. The van der Waals surface area contributed by atoms with Crippen LogP contribution in [0.25, 0.3) is 0 Å². The highest BCUT2D eigenvalue weighted by Crippen LogP contribution is 2.41. The molecule has 1 heterocycles. The molecule has 15 heavy (non-hydrogen) atoms. The summed E-state index contributed by atoms with van der Waals surface area (Å²) in [5.41, 5.74) is 0. The zero-order chi connectivity index (χ0) is 10.3.